The number of nitrogens with two attached hydrogens (primary N) is 1. The molecule has 104 valence electrons. The van der Waals surface area contributed by atoms with Crippen LogP contribution in [0.4, 0.5) is 0 Å². The highest BCUT2D eigenvalue weighted by Gasteiger charge is 2.25. The number of fused-ring (bicyclic) bond motifs is 1. The number of rotatable bonds is 3. The topological polar surface area (TPSA) is 66.6 Å². The van der Waals surface area contributed by atoms with Gasteiger partial charge in [0.25, 0.3) is 0 Å². The first-order valence-electron chi connectivity index (χ1n) is 6.82. The number of benzene rings is 1. The number of aromatic hydroxyl groups is 1. The lowest BCUT2D eigenvalue weighted by Gasteiger charge is -2.31. The maximum Gasteiger partial charge on any atom is 0.239 e. The molecule has 2 rings (SSSR count). The highest BCUT2D eigenvalue weighted by molar-refractivity contribution is 5.82. The van der Waals surface area contributed by atoms with Crippen molar-refractivity contribution in [2.75, 3.05) is 6.54 Å². The van der Waals surface area contributed by atoms with Gasteiger partial charge in [0, 0.05) is 13.1 Å². The van der Waals surface area contributed by atoms with E-state index in [4.69, 9.17) is 5.73 Å². The molecule has 3 N–H and O–H groups in total. The minimum Gasteiger partial charge on any atom is -0.508 e. The predicted molar refractivity (Wildman–Crippen MR) is 74.7 cm³/mol. The van der Waals surface area contributed by atoms with Gasteiger partial charge in [0.1, 0.15) is 5.75 Å². The minimum atomic E-state index is -0.418. The van der Waals surface area contributed by atoms with Gasteiger partial charge in [-0.05, 0) is 42.0 Å². The molecule has 1 heterocycles. The van der Waals surface area contributed by atoms with Gasteiger partial charge in [-0.25, -0.2) is 0 Å². The van der Waals surface area contributed by atoms with E-state index < -0.39 is 6.04 Å². The third-order valence-corrected chi connectivity index (χ3v) is 3.56. The number of nitrogens with zero attached hydrogens (tertiary/aromatic N) is 1. The average molecular weight is 262 g/mol. The van der Waals surface area contributed by atoms with Gasteiger partial charge < -0.3 is 15.7 Å². The molecule has 0 aromatic heterocycles. The van der Waals surface area contributed by atoms with Gasteiger partial charge in [-0.2, -0.15) is 0 Å². The second-order valence-electron chi connectivity index (χ2n) is 5.70. The first kappa shape index (κ1) is 13.9. The summed E-state index contributed by atoms with van der Waals surface area (Å²) in [6.45, 7) is 5.39. The Morgan fingerprint density at radius 1 is 1.42 bits per heavy atom. The third kappa shape index (κ3) is 3.26. The largest absolute Gasteiger partial charge is 0.508 e. The van der Waals surface area contributed by atoms with Crippen molar-refractivity contribution in [1.29, 1.82) is 0 Å². The Labute approximate surface area is 114 Å². The third-order valence-electron chi connectivity index (χ3n) is 3.56. The molecule has 4 heteroatoms. The molecule has 0 aliphatic carbocycles. The van der Waals surface area contributed by atoms with Crippen LogP contribution >= 0.6 is 0 Å². The Morgan fingerprint density at radius 3 is 2.84 bits per heavy atom. The van der Waals surface area contributed by atoms with Crippen LogP contribution in [0.2, 0.25) is 0 Å². The van der Waals surface area contributed by atoms with Crippen molar-refractivity contribution in [3.05, 3.63) is 29.3 Å². The molecule has 4 nitrogen and oxygen atoms in total. The summed E-state index contributed by atoms with van der Waals surface area (Å²) in [7, 11) is 0. The number of carbonyl (C=O) groups is 1. The SMILES string of the molecule is CC(C)C[C@H](N)C(=O)N1CCc2ccc(O)cc2C1. The molecule has 0 spiro atoms. The molecule has 1 aromatic carbocycles. The lowest BCUT2D eigenvalue weighted by Crippen LogP contribution is -2.46. The van der Waals surface area contributed by atoms with Crippen LogP contribution in [0.1, 0.15) is 31.4 Å². The highest BCUT2D eigenvalue weighted by atomic mass is 16.3. The molecule has 19 heavy (non-hydrogen) atoms. The van der Waals surface area contributed by atoms with Crippen LogP contribution in [0.3, 0.4) is 0 Å². The van der Waals surface area contributed by atoms with Gasteiger partial charge >= 0.3 is 0 Å². The second kappa shape index (κ2) is 5.61. The van der Waals surface area contributed by atoms with Crippen molar-refractivity contribution >= 4 is 5.91 Å². The highest BCUT2D eigenvalue weighted by Crippen LogP contribution is 2.23. The number of hydrogen-bond donors (Lipinski definition) is 2. The molecule has 0 fully saturated rings. The zero-order chi connectivity index (χ0) is 14.0. The number of carbonyl (C=O) groups excluding carboxylic acids is 1. The minimum absolute atomic E-state index is 0.0164. The van der Waals surface area contributed by atoms with Gasteiger partial charge in [0.2, 0.25) is 5.91 Å². The number of amides is 1. The van der Waals surface area contributed by atoms with Crippen LogP contribution in [0.15, 0.2) is 18.2 Å². The van der Waals surface area contributed by atoms with Gasteiger partial charge in [-0.15, -0.1) is 0 Å². The molecular formula is C15H22N2O2. The number of phenolic OH excluding ortho intramolecular Hbond substituents is 1. The van der Waals surface area contributed by atoms with Crippen LogP contribution in [0, 0.1) is 5.92 Å². The van der Waals surface area contributed by atoms with Crippen molar-refractivity contribution < 1.29 is 9.90 Å². The van der Waals surface area contributed by atoms with E-state index in [1.165, 1.54) is 5.56 Å². The molecule has 0 radical (unpaired) electrons. The summed E-state index contributed by atoms with van der Waals surface area (Å²) in [5, 5.41) is 9.51. The van der Waals surface area contributed by atoms with Crippen LogP contribution in [0.5, 0.6) is 5.75 Å². The molecule has 0 saturated heterocycles. The first-order chi connectivity index (χ1) is 8.97. The molecular weight excluding hydrogens is 240 g/mol. The van der Waals surface area contributed by atoms with Crippen molar-refractivity contribution in [3.8, 4) is 5.75 Å². The fourth-order valence-corrected chi connectivity index (χ4v) is 2.57. The summed E-state index contributed by atoms with van der Waals surface area (Å²) in [6.07, 6.45) is 1.54. The van der Waals surface area contributed by atoms with E-state index in [0.29, 0.717) is 25.4 Å². The van der Waals surface area contributed by atoms with Gasteiger partial charge in [0.05, 0.1) is 6.04 Å². The summed E-state index contributed by atoms with van der Waals surface area (Å²) >= 11 is 0. The fourth-order valence-electron chi connectivity index (χ4n) is 2.57. The normalized spacial score (nSPS) is 16.3. The Hall–Kier alpha value is -1.55. The van der Waals surface area contributed by atoms with Crippen LogP contribution in [-0.4, -0.2) is 28.5 Å². The van der Waals surface area contributed by atoms with Crippen molar-refractivity contribution in [2.24, 2.45) is 11.7 Å². The Balaban J connectivity index is 2.06. The standard InChI is InChI=1S/C15H22N2O2/c1-10(2)7-14(16)15(19)17-6-5-11-3-4-13(18)8-12(11)9-17/h3-4,8,10,14,18H,5-7,9,16H2,1-2H3/t14-/m0/s1. The molecule has 0 bridgehead atoms. The fraction of sp³-hybridized carbons (Fsp3) is 0.533. The summed E-state index contributed by atoms with van der Waals surface area (Å²) in [5.41, 5.74) is 8.19. The summed E-state index contributed by atoms with van der Waals surface area (Å²) < 4.78 is 0. The predicted octanol–water partition coefficient (Wildman–Crippen LogP) is 1.65. The van der Waals surface area contributed by atoms with Crippen molar-refractivity contribution in [1.82, 2.24) is 4.90 Å². The maximum absolute atomic E-state index is 12.3. The lowest BCUT2D eigenvalue weighted by atomic mass is 9.97. The summed E-state index contributed by atoms with van der Waals surface area (Å²) in [6, 6.07) is 4.95. The van der Waals surface area contributed by atoms with E-state index in [-0.39, 0.29) is 11.7 Å². The van der Waals surface area contributed by atoms with Crippen LogP contribution < -0.4 is 5.73 Å². The zero-order valence-corrected chi connectivity index (χ0v) is 11.6. The van der Waals surface area contributed by atoms with Crippen molar-refractivity contribution in [3.63, 3.8) is 0 Å². The quantitative estimate of drug-likeness (QED) is 0.870. The first-order valence-corrected chi connectivity index (χ1v) is 6.82. The Kier molecular flexibility index (Phi) is 4.10. The van der Waals surface area contributed by atoms with E-state index >= 15 is 0 Å². The maximum atomic E-state index is 12.3. The van der Waals surface area contributed by atoms with Gasteiger partial charge in [-0.3, -0.25) is 4.79 Å². The van der Waals surface area contributed by atoms with E-state index in [1.54, 1.807) is 17.0 Å². The molecule has 0 saturated carbocycles. The van der Waals surface area contributed by atoms with Crippen LogP contribution in [-0.2, 0) is 17.8 Å². The van der Waals surface area contributed by atoms with E-state index in [0.717, 1.165) is 12.0 Å². The van der Waals surface area contributed by atoms with Crippen molar-refractivity contribution in [2.45, 2.75) is 39.3 Å². The Bertz CT molecular complexity index is 471. The molecule has 0 unspecified atom stereocenters. The molecule has 1 aliphatic rings. The smallest absolute Gasteiger partial charge is 0.239 e. The van der Waals surface area contributed by atoms with E-state index in [2.05, 4.69) is 13.8 Å². The van der Waals surface area contributed by atoms with Gasteiger partial charge in [-0.1, -0.05) is 19.9 Å². The van der Waals surface area contributed by atoms with Gasteiger partial charge in [0.15, 0.2) is 0 Å². The number of hydrogen-bond acceptors (Lipinski definition) is 3. The molecule has 1 aromatic rings. The number of phenols is 1. The van der Waals surface area contributed by atoms with Crippen LogP contribution in [0.25, 0.3) is 0 Å². The molecule has 1 amide bonds. The molecule has 1 atom stereocenters. The second-order valence-corrected chi connectivity index (χ2v) is 5.70. The molecule has 1 aliphatic heterocycles. The van der Waals surface area contributed by atoms with E-state index in [9.17, 15) is 9.90 Å². The lowest BCUT2D eigenvalue weighted by molar-refractivity contribution is -0.133. The summed E-state index contributed by atoms with van der Waals surface area (Å²) in [5.74, 6) is 0.683. The monoisotopic (exact) mass is 262 g/mol. The van der Waals surface area contributed by atoms with E-state index in [1.807, 2.05) is 6.07 Å². The zero-order valence-electron chi connectivity index (χ0n) is 11.6. The average Bonchev–Trinajstić information content (AvgIpc) is 2.36. The Morgan fingerprint density at radius 2 is 2.16 bits per heavy atom. The summed E-state index contributed by atoms with van der Waals surface area (Å²) in [4.78, 5) is 14.1.